The Morgan fingerprint density at radius 2 is 2.19 bits per heavy atom. The predicted molar refractivity (Wildman–Crippen MR) is 95.4 cm³/mol. The van der Waals surface area contributed by atoms with Gasteiger partial charge in [-0.15, -0.1) is 0 Å². The van der Waals surface area contributed by atoms with E-state index < -0.39 is 0 Å². The Hall–Kier alpha value is -3.03. The Morgan fingerprint density at radius 1 is 1.42 bits per heavy atom. The number of aromatic hydroxyl groups is 1. The molecule has 2 N–H and O–H groups in total. The van der Waals surface area contributed by atoms with Crippen molar-refractivity contribution in [2.45, 2.75) is 39.8 Å². The van der Waals surface area contributed by atoms with E-state index >= 15 is 0 Å². The molecule has 0 fully saturated rings. The molecule has 0 radical (unpaired) electrons. The van der Waals surface area contributed by atoms with Crippen LogP contribution in [0.4, 0.5) is 0 Å². The lowest BCUT2D eigenvalue weighted by molar-refractivity contribution is 0.0913. The summed E-state index contributed by atoms with van der Waals surface area (Å²) in [4.78, 5) is 16.7. The first kappa shape index (κ1) is 17.8. The monoisotopic (exact) mass is 358 g/mol. The van der Waals surface area contributed by atoms with Crippen LogP contribution in [0.2, 0.25) is 0 Å². The highest BCUT2D eigenvalue weighted by atomic mass is 16.5. The highest BCUT2D eigenvalue weighted by molar-refractivity contribution is 5.91. The average molecular weight is 358 g/mol. The number of fused-ring (bicyclic) bond motifs is 1. The molecule has 3 aromatic rings. The van der Waals surface area contributed by atoms with E-state index in [0.29, 0.717) is 28.9 Å². The normalized spacial score (nSPS) is 11.3. The minimum atomic E-state index is -0.373. The zero-order chi connectivity index (χ0) is 18.8. The van der Waals surface area contributed by atoms with Crippen LogP contribution in [0.3, 0.4) is 0 Å². The summed E-state index contributed by atoms with van der Waals surface area (Å²) in [6.07, 6.45) is 1.76. The summed E-state index contributed by atoms with van der Waals surface area (Å²) < 4.78 is 12.1. The van der Waals surface area contributed by atoms with Crippen LogP contribution in [0.5, 0.6) is 11.8 Å². The van der Waals surface area contributed by atoms with Crippen LogP contribution < -0.4 is 10.1 Å². The Kier molecular flexibility index (Phi) is 4.83. The standard InChI is InChI=1S/C18H22N4O4/c1-5-22-9-14-12(18(22)24)6-11(17(20-14)25-4)8-19-16(23)15-7-13(10(2)3)21-26-15/h6-7,9-10,24H,5,8H2,1-4H3,(H,19,23). The van der Waals surface area contributed by atoms with Crippen molar-refractivity contribution in [1.29, 1.82) is 0 Å². The average Bonchev–Trinajstić information content (AvgIpc) is 3.24. The molecule has 26 heavy (non-hydrogen) atoms. The highest BCUT2D eigenvalue weighted by Crippen LogP contribution is 2.30. The largest absolute Gasteiger partial charge is 0.494 e. The molecule has 0 saturated heterocycles. The number of hydrogen-bond acceptors (Lipinski definition) is 6. The van der Waals surface area contributed by atoms with Gasteiger partial charge in [-0.1, -0.05) is 19.0 Å². The second kappa shape index (κ2) is 7.07. The summed E-state index contributed by atoms with van der Waals surface area (Å²) in [5, 5.41) is 17.5. The van der Waals surface area contributed by atoms with E-state index in [1.165, 1.54) is 7.11 Å². The van der Waals surface area contributed by atoms with Crippen molar-refractivity contribution in [3.05, 3.63) is 35.3 Å². The SMILES string of the molecule is CCn1cc2nc(OC)c(CNC(=O)c3cc(C(C)C)no3)cc2c1O. The first-order valence-electron chi connectivity index (χ1n) is 8.45. The maximum Gasteiger partial charge on any atom is 0.290 e. The molecule has 0 aliphatic carbocycles. The molecule has 0 saturated carbocycles. The number of carbonyl (C=O) groups is 1. The number of methoxy groups -OCH3 is 1. The van der Waals surface area contributed by atoms with Crippen molar-refractivity contribution in [2.24, 2.45) is 0 Å². The summed E-state index contributed by atoms with van der Waals surface area (Å²) in [7, 11) is 1.52. The van der Waals surface area contributed by atoms with Crippen molar-refractivity contribution < 1.29 is 19.2 Å². The lowest BCUT2D eigenvalue weighted by atomic mass is 10.1. The molecule has 3 heterocycles. The van der Waals surface area contributed by atoms with Gasteiger partial charge in [0, 0.05) is 30.9 Å². The molecule has 0 aliphatic rings. The Bertz CT molecular complexity index is 942. The Labute approximate surface area is 150 Å². The van der Waals surface area contributed by atoms with Gasteiger partial charge in [0.1, 0.15) is 0 Å². The molecule has 0 spiro atoms. The van der Waals surface area contributed by atoms with E-state index in [9.17, 15) is 9.90 Å². The van der Waals surface area contributed by atoms with Gasteiger partial charge in [0.05, 0.1) is 23.7 Å². The highest BCUT2D eigenvalue weighted by Gasteiger charge is 2.17. The number of hydrogen-bond donors (Lipinski definition) is 2. The minimum Gasteiger partial charge on any atom is -0.494 e. The van der Waals surface area contributed by atoms with E-state index in [1.807, 2.05) is 20.8 Å². The molecule has 1 amide bonds. The number of aromatic nitrogens is 3. The third kappa shape index (κ3) is 3.22. The molecule has 8 heteroatoms. The molecular weight excluding hydrogens is 336 g/mol. The minimum absolute atomic E-state index is 0.141. The van der Waals surface area contributed by atoms with E-state index in [1.54, 1.807) is 22.9 Å². The molecule has 3 rings (SSSR count). The topological polar surface area (TPSA) is 102 Å². The van der Waals surface area contributed by atoms with Crippen molar-refractivity contribution in [2.75, 3.05) is 7.11 Å². The molecular formula is C18H22N4O4. The number of aryl methyl sites for hydroxylation is 1. The van der Waals surface area contributed by atoms with Crippen LogP contribution >= 0.6 is 0 Å². The van der Waals surface area contributed by atoms with Crippen LogP contribution in [-0.2, 0) is 13.1 Å². The Morgan fingerprint density at radius 3 is 2.81 bits per heavy atom. The summed E-state index contributed by atoms with van der Waals surface area (Å²) in [5.41, 5.74) is 2.01. The number of rotatable bonds is 6. The lowest BCUT2D eigenvalue weighted by Crippen LogP contribution is -2.22. The van der Waals surface area contributed by atoms with Gasteiger partial charge in [-0.3, -0.25) is 4.79 Å². The summed E-state index contributed by atoms with van der Waals surface area (Å²) in [6, 6.07) is 3.40. The molecule has 0 aliphatic heterocycles. The number of carbonyl (C=O) groups excluding carboxylic acids is 1. The van der Waals surface area contributed by atoms with E-state index in [0.717, 1.165) is 5.69 Å². The van der Waals surface area contributed by atoms with Gasteiger partial charge in [0.2, 0.25) is 17.5 Å². The fourth-order valence-electron chi connectivity index (χ4n) is 2.67. The van der Waals surface area contributed by atoms with E-state index in [4.69, 9.17) is 9.26 Å². The van der Waals surface area contributed by atoms with Crippen molar-refractivity contribution in [3.8, 4) is 11.8 Å². The third-order valence-electron chi connectivity index (χ3n) is 4.20. The van der Waals surface area contributed by atoms with Crippen LogP contribution in [0.1, 0.15) is 48.5 Å². The number of amides is 1. The fourth-order valence-corrected chi connectivity index (χ4v) is 2.67. The molecule has 8 nitrogen and oxygen atoms in total. The van der Waals surface area contributed by atoms with Gasteiger partial charge < -0.3 is 24.3 Å². The zero-order valence-electron chi connectivity index (χ0n) is 15.2. The van der Waals surface area contributed by atoms with Crippen LogP contribution in [-0.4, -0.2) is 32.8 Å². The smallest absolute Gasteiger partial charge is 0.290 e. The van der Waals surface area contributed by atoms with Gasteiger partial charge in [-0.05, 0) is 18.9 Å². The Balaban J connectivity index is 1.82. The maximum absolute atomic E-state index is 12.3. The molecule has 138 valence electrons. The first-order valence-corrected chi connectivity index (χ1v) is 8.45. The van der Waals surface area contributed by atoms with Crippen molar-refractivity contribution in [1.82, 2.24) is 20.0 Å². The van der Waals surface area contributed by atoms with Crippen LogP contribution in [0.25, 0.3) is 10.9 Å². The van der Waals surface area contributed by atoms with Gasteiger partial charge in [-0.2, -0.15) is 0 Å². The van der Waals surface area contributed by atoms with Crippen molar-refractivity contribution >= 4 is 16.8 Å². The lowest BCUT2D eigenvalue weighted by Gasteiger charge is -2.08. The van der Waals surface area contributed by atoms with Gasteiger partial charge in [-0.25, -0.2) is 4.98 Å². The summed E-state index contributed by atoms with van der Waals surface area (Å²) >= 11 is 0. The van der Waals surface area contributed by atoms with Crippen LogP contribution in [0, 0.1) is 0 Å². The fraction of sp³-hybridized carbons (Fsp3) is 0.389. The second-order valence-electron chi connectivity index (χ2n) is 6.28. The zero-order valence-corrected chi connectivity index (χ0v) is 15.2. The number of nitrogens with zero attached hydrogens (tertiary/aromatic N) is 3. The quantitative estimate of drug-likeness (QED) is 0.702. The molecule has 3 aromatic heterocycles. The number of nitrogens with one attached hydrogen (secondary N) is 1. The number of ether oxygens (including phenoxy) is 1. The van der Waals surface area contributed by atoms with E-state index in [2.05, 4.69) is 15.5 Å². The van der Waals surface area contributed by atoms with Gasteiger partial charge in [0.25, 0.3) is 5.91 Å². The van der Waals surface area contributed by atoms with E-state index in [-0.39, 0.29) is 30.0 Å². The first-order chi connectivity index (χ1) is 12.4. The predicted octanol–water partition coefficient (Wildman–Crippen LogP) is 2.81. The van der Waals surface area contributed by atoms with Gasteiger partial charge >= 0.3 is 0 Å². The van der Waals surface area contributed by atoms with Crippen molar-refractivity contribution in [3.63, 3.8) is 0 Å². The summed E-state index contributed by atoms with van der Waals surface area (Å²) in [6.45, 7) is 6.68. The van der Waals surface area contributed by atoms with Gasteiger partial charge in [0.15, 0.2) is 0 Å². The molecule has 0 bridgehead atoms. The maximum atomic E-state index is 12.3. The third-order valence-corrected chi connectivity index (χ3v) is 4.20. The molecule has 0 atom stereocenters. The summed E-state index contributed by atoms with van der Waals surface area (Å²) in [5.74, 6) is 0.495. The molecule has 0 aromatic carbocycles. The number of pyridine rings is 1. The second-order valence-corrected chi connectivity index (χ2v) is 6.28. The molecule has 0 unspecified atom stereocenters. The van der Waals surface area contributed by atoms with Crippen LogP contribution in [0.15, 0.2) is 22.9 Å².